The molecular weight excluding hydrogens is 933 g/mol. The van der Waals surface area contributed by atoms with Crippen molar-refractivity contribution in [3.63, 3.8) is 0 Å². The Bertz CT molecular complexity index is 2940. The number of piperazine rings is 1. The molecule has 2 saturated carbocycles. The lowest BCUT2D eigenvalue weighted by atomic mass is 9.65. The average Bonchev–Trinajstić information content (AvgIpc) is 4.15. The Morgan fingerprint density at radius 2 is 1.66 bits per heavy atom. The Labute approximate surface area is 424 Å². The molecule has 0 bridgehead atoms. The Morgan fingerprint density at radius 3 is 2.38 bits per heavy atom. The van der Waals surface area contributed by atoms with Crippen molar-refractivity contribution in [2.24, 2.45) is 16.7 Å². The van der Waals surface area contributed by atoms with Crippen LogP contribution in [0.25, 0.3) is 32.9 Å². The number of hydrogen-bond donors (Lipinski definition) is 3. The van der Waals surface area contributed by atoms with E-state index < -0.39 is 29.2 Å². The lowest BCUT2D eigenvalue weighted by Gasteiger charge is -2.47. The van der Waals surface area contributed by atoms with Crippen molar-refractivity contribution in [3.05, 3.63) is 77.5 Å². The lowest BCUT2D eigenvalue weighted by molar-refractivity contribution is -0.120. The number of aromatic hydroxyl groups is 1. The van der Waals surface area contributed by atoms with Crippen LogP contribution < -0.4 is 19.9 Å². The second-order valence-corrected chi connectivity index (χ2v) is 22.4. The predicted octanol–water partition coefficient (Wildman–Crippen LogP) is 8.08. The fourth-order valence-corrected chi connectivity index (χ4v) is 12.6. The number of pyridine rings is 1. The van der Waals surface area contributed by atoms with E-state index in [2.05, 4.69) is 27.0 Å². The van der Waals surface area contributed by atoms with E-state index in [1.165, 1.54) is 35.9 Å². The van der Waals surface area contributed by atoms with Crippen LogP contribution in [-0.2, 0) is 11.2 Å². The number of aliphatic hydroxyl groups is 1. The first-order valence-corrected chi connectivity index (χ1v) is 26.5. The highest BCUT2D eigenvalue weighted by Gasteiger charge is 2.46. The van der Waals surface area contributed by atoms with Crippen LogP contribution in [-0.4, -0.2) is 142 Å². The molecule has 5 aromatic rings. The summed E-state index contributed by atoms with van der Waals surface area (Å²) < 4.78 is 38.5. The number of piperidine rings is 2. The molecule has 3 aromatic carbocycles. The molecule has 73 heavy (non-hydrogen) atoms. The molecule has 4 saturated heterocycles. The molecule has 4 aliphatic heterocycles. The maximum Gasteiger partial charge on any atom is 0.328 e. The number of halogens is 2. The van der Waals surface area contributed by atoms with E-state index in [0.717, 1.165) is 107 Å². The molecule has 1 atom stereocenters. The minimum atomic E-state index is -0.936. The van der Waals surface area contributed by atoms with Crippen LogP contribution in [0, 0.1) is 28.4 Å². The number of benzene rings is 3. The first kappa shape index (κ1) is 49.2. The number of β-amino-alcohol motifs (C(OH)–C–C–N with tert-alkyl or cyclic N) is 1. The number of rotatable bonds is 12. The van der Waals surface area contributed by atoms with Crippen LogP contribution in [0.3, 0.4) is 0 Å². The molecule has 4 amide bonds. The van der Waals surface area contributed by atoms with Gasteiger partial charge >= 0.3 is 12.0 Å². The van der Waals surface area contributed by atoms with Crippen molar-refractivity contribution in [1.29, 1.82) is 0 Å². The van der Waals surface area contributed by atoms with Gasteiger partial charge in [0.2, 0.25) is 5.91 Å². The summed E-state index contributed by atoms with van der Waals surface area (Å²) in [4.78, 5) is 62.3. The number of carbonyl (C=O) groups excluding carboxylic acids is 3. The SMILES string of the molecule is CCc1cccc2cc(O)cc(-c3ncc4c(N5CCC[C@@](C)(O)C5)nc(OCC5(CN6CCN(CC7CCC8(CC7)CCN(C(=O)c7ccc(F)c(N9CCC(=O)NC9=O)c7)CC8)CC6)CC5)nc4c3F)c12. The van der Waals surface area contributed by atoms with Crippen molar-refractivity contribution in [2.75, 3.05) is 88.4 Å². The largest absolute Gasteiger partial charge is 0.508 e. The van der Waals surface area contributed by atoms with Gasteiger partial charge < -0.3 is 34.5 Å². The molecule has 11 rings (SSSR count). The van der Waals surface area contributed by atoms with Gasteiger partial charge in [-0.2, -0.15) is 9.97 Å². The highest BCUT2D eigenvalue weighted by molar-refractivity contribution is 6.06. The number of phenols is 1. The number of ether oxygens (including phenoxy) is 1. The summed E-state index contributed by atoms with van der Waals surface area (Å²) in [7, 11) is 0. The molecule has 6 aliphatic rings. The van der Waals surface area contributed by atoms with Gasteiger partial charge in [0.1, 0.15) is 28.6 Å². The highest BCUT2D eigenvalue weighted by Crippen LogP contribution is 2.49. The average molecular weight is 1000 g/mol. The molecule has 1 spiro atoms. The summed E-state index contributed by atoms with van der Waals surface area (Å²) >= 11 is 0. The fraction of sp³-hybridized carbons (Fsp3) is 0.536. The van der Waals surface area contributed by atoms with E-state index in [1.807, 2.05) is 34.9 Å². The summed E-state index contributed by atoms with van der Waals surface area (Å²) in [6.07, 6.45) is 12.4. The van der Waals surface area contributed by atoms with E-state index in [-0.39, 0.29) is 58.4 Å². The molecule has 386 valence electrons. The number of carbonyl (C=O) groups is 3. The van der Waals surface area contributed by atoms with Crippen molar-refractivity contribution in [3.8, 4) is 23.0 Å². The number of likely N-dealkylation sites (tertiary alicyclic amines) is 1. The van der Waals surface area contributed by atoms with Crippen LogP contribution in [0.15, 0.2) is 54.7 Å². The van der Waals surface area contributed by atoms with Crippen molar-refractivity contribution in [1.82, 2.24) is 35.0 Å². The van der Waals surface area contributed by atoms with Crippen molar-refractivity contribution < 1.29 is 38.1 Å². The Morgan fingerprint density at radius 1 is 0.890 bits per heavy atom. The Kier molecular flexibility index (Phi) is 13.3. The van der Waals surface area contributed by atoms with E-state index >= 15 is 4.39 Å². The number of anilines is 2. The van der Waals surface area contributed by atoms with Gasteiger partial charge in [-0.25, -0.2) is 13.6 Å². The Hall–Kier alpha value is -6.04. The first-order chi connectivity index (χ1) is 35.2. The molecule has 0 unspecified atom stereocenters. The normalized spacial score (nSPS) is 22.8. The zero-order valence-corrected chi connectivity index (χ0v) is 42.1. The van der Waals surface area contributed by atoms with Crippen molar-refractivity contribution >= 4 is 51.0 Å². The molecule has 3 N–H and O–H groups in total. The second-order valence-electron chi connectivity index (χ2n) is 22.4. The molecule has 15 nitrogen and oxygen atoms in total. The van der Waals surface area contributed by atoms with Gasteiger partial charge in [-0.05, 0) is 136 Å². The maximum atomic E-state index is 17.1. The number of aromatic nitrogens is 3. The van der Waals surface area contributed by atoms with Gasteiger partial charge in [-0.1, -0.05) is 25.1 Å². The second kappa shape index (κ2) is 19.7. The van der Waals surface area contributed by atoms with Gasteiger partial charge in [-0.3, -0.25) is 24.8 Å². The zero-order valence-electron chi connectivity index (χ0n) is 42.1. The monoisotopic (exact) mass is 1000 g/mol. The van der Waals surface area contributed by atoms with E-state index in [0.29, 0.717) is 67.5 Å². The fourth-order valence-electron chi connectivity index (χ4n) is 12.6. The molecule has 2 aliphatic carbocycles. The maximum absolute atomic E-state index is 17.1. The predicted molar refractivity (Wildman–Crippen MR) is 275 cm³/mol. The highest BCUT2D eigenvalue weighted by atomic mass is 19.1. The molecule has 6 heterocycles. The summed E-state index contributed by atoms with van der Waals surface area (Å²) in [6, 6.07) is 12.7. The number of nitrogens with one attached hydrogen (secondary N) is 1. The van der Waals surface area contributed by atoms with Gasteiger partial charge in [-0.15, -0.1) is 0 Å². The molecule has 17 heteroatoms. The third-order valence-corrected chi connectivity index (χ3v) is 17.1. The number of hydrogen-bond acceptors (Lipinski definition) is 12. The third kappa shape index (κ3) is 10.2. The van der Waals surface area contributed by atoms with Gasteiger partial charge in [0.05, 0.1) is 23.3 Å². The van der Waals surface area contributed by atoms with Gasteiger partial charge in [0.15, 0.2) is 5.82 Å². The molecular formula is C56H67F2N9O6. The summed E-state index contributed by atoms with van der Waals surface area (Å²) in [6.45, 7) is 12.6. The van der Waals surface area contributed by atoms with Crippen LogP contribution in [0.2, 0.25) is 0 Å². The summed E-state index contributed by atoms with van der Waals surface area (Å²) in [5.74, 6) is -0.618. The number of phenolic OH excluding ortho intramolecular Hbond substituents is 1. The number of imide groups is 1. The third-order valence-electron chi connectivity index (χ3n) is 17.1. The van der Waals surface area contributed by atoms with Crippen LogP contribution in [0.1, 0.15) is 100 Å². The standard InChI is InChI=1S/C56H67F2N9O6/c1-3-37-6-4-7-38-28-40(68)30-41(46(37)38)48-47(58)49-42(31-59-48)50(66-20-5-13-54(2,72)33-66)62-52(61-49)73-35-56(16-17-56)34-64-26-24-63(25-27-64)32-36-10-14-55(15-11-36)18-22-65(23-19-55)51(70)39-8-9-43(57)44(29-39)67-21-12-45(69)60-53(67)71/h4,6-9,28-31,36,68,72H,3,5,10-27,32-35H2,1-2H3,(H,60,69,71)/t54-/m1/s1. The Balaban J connectivity index is 0.690. The zero-order chi connectivity index (χ0) is 50.6. The molecule has 2 aromatic heterocycles. The topological polar surface area (TPSA) is 168 Å². The summed E-state index contributed by atoms with van der Waals surface area (Å²) in [5.41, 5.74) is 1.33. The van der Waals surface area contributed by atoms with Crippen molar-refractivity contribution in [2.45, 2.75) is 96.5 Å². The number of urea groups is 1. The number of aryl methyl sites for hydroxylation is 1. The molecule has 0 radical (unpaired) electrons. The van der Waals surface area contributed by atoms with Gasteiger partial charge in [0.25, 0.3) is 5.91 Å². The van der Waals surface area contributed by atoms with E-state index in [9.17, 15) is 29.0 Å². The van der Waals surface area contributed by atoms with Crippen LogP contribution in [0.4, 0.5) is 25.1 Å². The van der Waals surface area contributed by atoms with E-state index in [4.69, 9.17) is 14.7 Å². The summed E-state index contributed by atoms with van der Waals surface area (Å²) in [5, 5.41) is 26.2. The minimum absolute atomic E-state index is 0.00879. The van der Waals surface area contributed by atoms with E-state index in [1.54, 1.807) is 18.3 Å². The smallest absolute Gasteiger partial charge is 0.328 e. The quantitative estimate of drug-likeness (QED) is 0.110. The number of fused-ring (bicyclic) bond motifs is 2. The van der Waals surface area contributed by atoms with Crippen LogP contribution >= 0.6 is 0 Å². The van der Waals surface area contributed by atoms with Crippen LogP contribution in [0.5, 0.6) is 11.8 Å². The van der Waals surface area contributed by atoms with Gasteiger partial charge in [0, 0.05) is 101 Å². The number of amides is 4. The minimum Gasteiger partial charge on any atom is -0.508 e. The number of nitrogens with zero attached hydrogens (tertiary/aromatic N) is 8. The molecule has 6 fully saturated rings. The first-order valence-electron chi connectivity index (χ1n) is 26.5. The lowest BCUT2D eigenvalue weighted by Crippen LogP contribution is -2.50.